The second kappa shape index (κ2) is 8.30. The van der Waals surface area contributed by atoms with Crippen LogP contribution in [0.2, 0.25) is 0 Å². The van der Waals surface area contributed by atoms with Crippen LogP contribution in [-0.2, 0) is 21.2 Å². The highest BCUT2D eigenvalue weighted by Crippen LogP contribution is 2.32. The third kappa shape index (κ3) is 4.63. The van der Waals surface area contributed by atoms with E-state index in [0.29, 0.717) is 29.4 Å². The van der Waals surface area contributed by atoms with Crippen molar-refractivity contribution in [3.05, 3.63) is 42.0 Å². The molecule has 2 aromatic rings. The highest BCUT2D eigenvalue weighted by Gasteiger charge is 2.26. The summed E-state index contributed by atoms with van der Waals surface area (Å²) in [6.07, 6.45) is -0.161. The van der Waals surface area contributed by atoms with E-state index in [1.807, 2.05) is 12.1 Å². The summed E-state index contributed by atoms with van der Waals surface area (Å²) in [6.45, 7) is 3.40. The molecule has 0 aliphatic carbocycles. The van der Waals surface area contributed by atoms with Crippen molar-refractivity contribution < 1.29 is 27.4 Å². The summed E-state index contributed by atoms with van der Waals surface area (Å²) in [5.41, 5.74) is 1.24. The van der Waals surface area contributed by atoms with Gasteiger partial charge < -0.3 is 19.5 Å². The SMILES string of the molecule is COc1ccc(CC(C)NS(=O)(=O)c2ccc3c(c2)NC(=O)C(C)O3)cc1OC. The summed E-state index contributed by atoms with van der Waals surface area (Å²) < 4.78 is 44.2. The smallest absolute Gasteiger partial charge is 0.265 e. The van der Waals surface area contributed by atoms with Crippen LogP contribution in [0.4, 0.5) is 5.69 Å². The minimum atomic E-state index is -3.79. The van der Waals surface area contributed by atoms with E-state index in [1.54, 1.807) is 40.2 Å². The van der Waals surface area contributed by atoms with Crippen LogP contribution in [0.5, 0.6) is 17.2 Å². The first-order valence-electron chi connectivity index (χ1n) is 9.08. The molecule has 2 N–H and O–H groups in total. The van der Waals surface area contributed by atoms with Gasteiger partial charge in [0.25, 0.3) is 5.91 Å². The van der Waals surface area contributed by atoms with Crippen molar-refractivity contribution in [2.45, 2.75) is 37.3 Å². The van der Waals surface area contributed by atoms with E-state index in [2.05, 4.69) is 10.0 Å². The van der Waals surface area contributed by atoms with Crippen LogP contribution < -0.4 is 24.2 Å². The zero-order chi connectivity index (χ0) is 21.2. The van der Waals surface area contributed by atoms with Crippen LogP contribution in [0.25, 0.3) is 0 Å². The maximum Gasteiger partial charge on any atom is 0.265 e. The number of methoxy groups -OCH3 is 2. The van der Waals surface area contributed by atoms with Gasteiger partial charge in [-0.25, -0.2) is 13.1 Å². The van der Waals surface area contributed by atoms with E-state index in [1.165, 1.54) is 12.1 Å². The summed E-state index contributed by atoms with van der Waals surface area (Å²) >= 11 is 0. The van der Waals surface area contributed by atoms with Crippen LogP contribution >= 0.6 is 0 Å². The molecule has 2 unspecified atom stereocenters. The number of amides is 1. The third-order valence-electron chi connectivity index (χ3n) is 4.54. The second-order valence-electron chi connectivity index (χ2n) is 6.82. The lowest BCUT2D eigenvalue weighted by atomic mass is 10.1. The first-order valence-corrected chi connectivity index (χ1v) is 10.6. The van der Waals surface area contributed by atoms with Gasteiger partial charge in [0, 0.05) is 6.04 Å². The molecule has 0 aromatic heterocycles. The maximum atomic E-state index is 12.8. The normalized spacial score (nSPS) is 17.0. The fraction of sp³-hybridized carbons (Fsp3) is 0.350. The average Bonchev–Trinajstić information content (AvgIpc) is 2.67. The monoisotopic (exact) mass is 420 g/mol. The van der Waals surface area contributed by atoms with Gasteiger partial charge in [-0.05, 0) is 56.2 Å². The number of carbonyl (C=O) groups excluding carboxylic acids is 1. The van der Waals surface area contributed by atoms with Crippen LogP contribution in [-0.4, -0.2) is 40.7 Å². The molecule has 3 rings (SSSR count). The molecule has 29 heavy (non-hydrogen) atoms. The molecule has 156 valence electrons. The molecule has 1 amide bonds. The molecule has 2 atom stereocenters. The number of fused-ring (bicyclic) bond motifs is 1. The molecule has 0 saturated heterocycles. The molecule has 1 aliphatic heterocycles. The van der Waals surface area contributed by atoms with Crippen molar-refractivity contribution in [1.29, 1.82) is 0 Å². The zero-order valence-electron chi connectivity index (χ0n) is 16.7. The summed E-state index contributed by atoms with van der Waals surface area (Å²) in [6, 6.07) is 9.47. The molecule has 1 heterocycles. The number of rotatable bonds is 7. The number of nitrogens with one attached hydrogen (secondary N) is 2. The minimum Gasteiger partial charge on any atom is -0.493 e. The molecule has 9 heteroatoms. The van der Waals surface area contributed by atoms with E-state index >= 15 is 0 Å². The minimum absolute atomic E-state index is 0.0499. The van der Waals surface area contributed by atoms with Gasteiger partial charge in [-0.2, -0.15) is 0 Å². The number of sulfonamides is 1. The Hall–Kier alpha value is -2.78. The standard InChI is InChI=1S/C20H24N2O6S/c1-12(9-14-5-7-18(26-3)19(10-14)27-4)22-29(24,25)15-6-8-17-16(11-15)21-20(23)13(2)28-17/h5-8,10-13,22H,9H2,1-4H3,(H,21,23). The third-order valence-corrected chi connectivity index (χ3v) is 6.13. The lowest BCUT2D eigenvalue weighted by molar-refractivity contribution is -0.122. The van der Waals surface area contributed by atoms with Crippen LogP contribution in [0.15, 0.2) is 41.3 Å². The number of benzene rings is 2. The van der Waals surface area contributed by atoms with Crippen molar-refractivity contribution in [2.75, 3.05) is 19.5 Å². The first kappa shape index (κ1) is 20.9. The molecule has 1 aliphatic rings. The number of hydrogen-bond donors (Lipinski definition) is 2. The highest BCUT2D eigenvalue weighted by molar-refractivity contribution is 7.89. The highest BCUT2D eigenvalue weighted by atomic mass is 32.2. The summed E-state index contributed by atoms with van der Waals surface area (Å²) in [7, 11) is -0.680. The number of hydrogen-bond acceptors (Lipinski definition) is 6. The van der Waals surface area contributed by atoms with Crippen molar-refractivity contribution in [3.8, 4) is 17.2 Å². The fourth-order valence-electron chi connectivity index (χ4n) is 3.09. The Labute approximate surface area is 170 Å². The molecular weight excluding hydrogens is 396 g/mol. The predicted molar refractivity (Wildman–Crippen MR) is 108 cm³/mol. The molecule has 0 spiro atoms. The Morgan fingerprint density at radius 2 is 1.86 bits per heavy atom. The topological polar surface area (TPSA) is 103 Å². The van der Waals surface area contributed by atoms with Crippen LogP contribution in [0.3, 0.4) is 0 Å². The molecule has 0 radical (unpaired) electrons. The molecule has 0 bridgehead atoms. The van der Waals surface area contributed by atoms with Crippen molar-refractivity contribution in [2.24, 2.45) is 0 Å². The van der Waals surface area contributed by atoms with E-state index in [9.17, 15) is 13.2 Å². The second-order valence-corrected chi connectivity index (χ2v) is 8.54. The van der Waals surface area contributed by atoms with Gasteiger partial charge >= 0.3 is 0 Å². The largest absolute Gasteiger partial charge is 0.493 e. The van der Waals surface area contributed by atoms with Gasteiger partial charge in [0.1, 0.15) is 5.75 Å². The Kier molecular flexibility index (Phi) is 5.99. The van der Waals surface area contributed by atoms with E-state index in [0.717, 1.165) is 5.56 Å². The van der Waals surface area contributed by atoms with Crippen LogP contribution in [0.1, 0.15) is 19.4 Å². The van der Waals surface area contributed by atoms with Gasteiger partial charge in [0.2, 0.25) is 10.0 Å². The number of anilines is 1. The Balaban J connectivity index is 1.74. The Morgan fingerprint density at radius 3 is 2.55 bits per heavy atom. The Bertz CT molecular complexity index is 1020. The Morgan fingerprint density at radius 1 is 1.14 bits per heavy atom. The summed E-state index contributed by atoms with van der Waals surface area (Å²) in [5, 5.41) is 2.66. The van der Waals surface area contributed by atoms with Gasteiger partial charge in [0.15, 0.2) is 17.6 Å². The van der Waals surface area contributed by atoms with Gasteiger partial charge in [-0.1, -0.05) is 6.07 Å². The van der Waals surface area contributed by atoms with E-state index in [-0.39, 0.29) is 16.8 Å². The van der Waals surface area contributed by atoms with E-state index in [4.69, 9.17) is 14.2 Å². The van der Waals surface area contributed by atoms with Crippen LogP contribution in [0, 0.1) is 0 Å². The quantitative estimate of drug-likeness (QED) is 0.713. The van der Waals surface area contributed by atoms with Crippen molar-refractivity contribution in [1.82, 2.24) is 4.72 Å². The average molecular weight is 420 g/mol. The zero-order valence-corrected chi connectivity index (χ0v) is 17.5. The number of ether oxygens (including phenoxy) is 3. The molecular formula is C20H24N2O6S. The van der Waals surface area contributed by atoms with Gasteiger partial charge in [-0.3, -0.25) is 4.79 Å². The van der Waals surface area contributed by atoms with Crippen molar-refractivity contribution >= 4 is 21.6 Å². The molecule has 0 saturated carbocycles. The summed E-state index contributed by atoms with van der Waals surface area (Å²) in [4.78, 5) is 11.8. The van der Waals surface area contributed by atoms with E-state index < -0.39 is 16.1 Å². The van der Waals surface area contributed by atoms with Crippen molar-refractivity contribution in [3.63, 3.8) is 0 Å². The molecule has 8 nitrogen and oxygen atoms in total. The lowest BCUT2D eigenvalue weighted by Crippen LogP contribution is -2.35. The summed E-state index contributed by atoms with van der Waals surface area (Å²) in [5.74, 6) is 1.31. The predicted octanol–water partition coefficient (Wildman–Crippen LogP) is 2.33. The van der Waals surface area contributed by atoms with Gasteiger partial charge in [-0.15, -0.1) is 0 Å². The fourth-order valence-corrected chi connectivity index (χ4v) is 4.36. The molecule has 2 aromatic carbocycles. The first-order chi connectivity index (χ1) is 13.7. The van der Waals surface area contributed by atoms with Gasteiger partial charge in [0.05, 0.1) is 24.8 Å². The molecule has 0 fully saturated rings. The number of carbonyl (C=O) groups is 1. The lowest BCUT2D eigenvalue weighted by Gasteiger charge is -2.24. The maximum absolute atomic E-state index is 12.8.